The summed E-state index contributed by atoms with van der Waals surface area (Å²) in [6, 6.07) is 11.4. The minimum Gasteiger partial charge on any atom is -0.506 e. The zero-order valence-electron chi connectivity index (χ0n) is 17.3. The maximum atomic E-state index is 12.6. The maximum Gasteiger partial charge on any atom is 0.238 e. The molecule has 1 aliphatic rings. The third kappa shape index (κ3) is 5.81. The second-order valence-electron chi connectivity index (χ2n) is 7.84. The fraction of sp³-hybridized carbons (Fsp3) is 0.391. The molecule has 0 saturated heterocycles. The third-order valence-corrected chi connectivity index (χ3v) is 5.21. The van der Waals surface area contributed by atoms with Crippen molar-refractivity contribution in [3.63, 3.8) is 0 Å². The number of aromatic hydroxyl groups is 1. The number of carbonyl (C=O) groups is 2. The van der Waals surface area contributed by atoms with Crippen LogP contribution in [0.15, 0.2) is 36.4 Å². The van der Waals surface area contributed by atoms with Crippen LogP contribution in [-0.2, 0) is 9.59 Å². The Kier molecular flexibility index (Phi) is 6.54. The van der Waals surface area contributed by atoms with Crippen molar-refractivity contribution < 1.29 is 14.7 Å². The molecule has 6 heteroatoms. The van der Waals surface area contributed by atoms with Crippen molar-refractivity contribution in [1.29, 1.82) is 0 Å². The monoisotopic (exact) mass is 395 g/mol. The lowest BCUT2D eigenvalue weighted by Crippen LogP contribution is -2.37. The molecule has 2 aromatic carbocycles. The molecule has 0 heterocycles. The third-order valence-electron chi connectivity index (χ3n) is 5.21. The summed E-state index contributed by atoms with van der Waals surface area (Å²) in [7, 11) is 0. The van der Waals surface area contributed by atoms with Gasteiger partial charge >= 0.3 is 0 Å². The van der Waals surface area contributed by atoms with Gasteiger partial charge in [0.25, 0.3) is 0 Å². The highest BCUT2D eigenvalue weighted by Gasteiger charge is 2.30. The minimum atomic E-state index is -0.174. The van der Waals surface area contributed by atoms with Gasteiger partial charge in [0.2, 0.25) is 11.8 Å². The summed E-state index contributed by atoms with van der Waals surface area (Å²) in [6.45, 7) is 6.63. The number of rotatable bonds is 8. The smallest absolute Gasteiger partial charge is 0.238 e. The van der Waals surface area contributed by atoms with Gasteiger partial charge in [-0.3, -0.25) is 14.5 Å². The molecule has 0 atom stereocenters. The predicted octanol–water partition coefficient (Wildman–Crippen LogP) is 3.75. The number of phenolic OH excluding ortho intramolecular Hbond substituents is 1. The second-order valence-corrected chi connectivity index (χ2v) is 7.84. The number of nitrogens with zero attached hydrogens (tertiary/aromatic N) is 1. The number of aryl methyl sites for hydroxylation is 3. The van der Waals surface area contributed by atoms with Crippen molar-refractivity contribution in [2.24, 2.45) is 0 Å². The van der Waals surface area contributed by atoms with E-state index in [2.05, 4.69) is 15.5 Å². The number of hydrogen-bond donors (Lipinski definition) is 3. The molecule has 0 spiro atoms. The van der Waals surface area contributed by atoms with Crippen molar-refractivity contribution in [1.82, 2.24) is 4.90 Å². The summed E-state index contributed by atoms with van der Waals surface area (Å²) in [6.07, 6.45) is 2.37. The topological polar surface area (TPSA) is 81.7 Å². The van der Waals surface area contributed by atoms with Gasteiger partial charge in [0.15, 0.2) is 0 Å². The number of carbonyl (C=O) groups excluding carboxylic acids is 2. The normalized spacial score (nSPS) is 13.4. The van der Waals surface area contributed by atoms with Crippen LogP contribution in [0.25, 0.3) is 0 Å². The van der Waals surface area contributed by atoms with Crippen molar-refractivity contribution in [3.05, 3.63) is 53.1 Å². The van der Waals surface area contributed by atoms with Crippen LogP contribution in [0, 0.1) is 20.8 Å². The van der Waals surface area contributed by atoms with Crippen molar-refractivity contribution in [2.75, 3.05) is 23.7 Å². The minimum absolute atomic E-state index is 0.0518. The highest BCUT2D eigenvalue weighted by atomic mass is 16.3. The second kappa shape index (κ2) is 9.09. The van der Waals surface area contributed by atoms with Crippen LogP contribution in [0.1, 0.15) is 36.0 Å². The summed E-state index contributed by atoms with van der Waals surface area (Å²) in [4.78, 5) is 27.0. The Morgan fingerprint density at radius 2 is 1.72 bits per heavy atom. The van der Waals surface area contributed by atoms with Crippen LogP contribution in [-0.4, -0.2) is 41.0 Å². The van der Waals surface area contributed by atoms with Gasteiger partial charge in [0, 0.05) is 24.7 Å². The Morgan fingerprint density at radius 3 is 2.38 bits per heavy atom. The molecule has 3 rings (SSSR count). The van der Waals surface area contributed by atoms with Gasteiger partial charge in [-0.15, -0.1) is 0 Å². The van der Waals surface area contributed by atoms with Gasteiger partial charge in [-0.2, -0.15) is 0 Å². The van der Waals surface area contributed by atoms with Crippen LogP contribution < -0.4 is 10.6 Å². The molecule has 0 unspecified atom stereocenters. The van der Waals surface area contributed by atoms with Crippen molar-refractivity contribution in [3.8, 4) is 5.75 Å². The highest BCUT2D eigenvalue weighted by Crippen LogP contribution is 2.28. The Hall–Kier alpha value is -2.86. The van der Waals surface area contributed by atoms with E-state index in [1.165, 1.54) is 0 Å². The number of phenols is 1. The van der Waals surface area contributed by atoms with Crippen molar-refractivity contribution >= 4 is 23.2 Å². The first-order valence-electron chi connectivity index (χ1n) is 10.0. The number of hydrogen-bond acceptors (Lipinski definition) is 4. The number of nitrogens with one attached hydrogen (secondary N) is 2. The Bertz CT molecular complexity index is 886. The van der Waals surface area contributed by atoms with Crippen LogP contribution in [0.4, 0.5) is 11.4 Å². The van der Waals surface area contributed by atoms with E-state index in [4.69, 9.17) is 0 Å². The number of benzene rings is 2. The zero-order chi connectivity index (χ0) is 21.0. The fourth-order valence-corrected chi connectivity index (χ4v) is 3.41. The van der Waals surface area contributed by atoms with E-state index in [0.29, 0.717) is 18.3 Å². The number of amides is 2. The van der Waals surface area contributed by atoms with Gasteiger partial charge in [-0.1, -0.05) is 24.3 Å². The quantitative estimate of drug-likeness (QED) is 0.595. The molecule has 1 saturated carbocycles. The van der Waals surface area contributed by atoms with Crippen LogP contribution in [0.2, 0.25) is 0 Å². The zero-order valence-corrected chi connectivity index (χ0v) is 17.3. The van der Waals surface area contributed by atoms with Gasteiger partial charge in [-0.05, 0) is 62.4 Å². The molecular formula is C23H29N3O3. The van der Waals surface area contributed by atoms with Crippen LogP contribution in [0.5, 0.6) is 5.75 Å². The van der Waals surface area contributed by atoms with Gasteiger partial charge < -0.3 is 15.7 Å². The molecule has 3 N–H and O–H groups in total. The summed E-state index contributed by atoms with van der Waals surface area (Å²) in [5.41, 5.74) is 4.31. The largest absolute Gasteiger partial charge is 0.506 e. The van der Waals surface area contributed by atoms with Crippen molar-refractivity contribution in [2.45, 2.75) is 46.1 Å². The summed E-state index contributed by atoms with van der Waals surface area (Å²) in [5, 5.41) is 15.7. The van der Waals surface area contributed by atoms with E-state index in [1.54, 1.807) is 18.2 Å². The molecule has 1 aliphatic carbocycles. The first-order valence-corrected chi connectivity index (χ1v) is 10.0. The molecule has 1 fully saturated rings. The molecule has 154 valence electrons. The Balaban J connectivity index is 1.54. The van der Waals surface area contributed by atoms with E-state index in [0.717, 1.165) is 35.2 Å². The number of para-hydroxylation sites is 1. The molecule has 0 bridgehead atoms. The molecule has 2 aromatic rings. The van der Waals surface area contributed by atoms with Gasteiger partial charge in [-0.25, -0.2) is 0 Å². The average Bonchev–Trinajstić information content (AvgIpc) is 3.50. The Morgan fingerprint density at radius 1 is 1.03 bits per heavy atom. The molecule has 0 aliphatic heterocycles. The van der Waals surface area contributed by atoms with E-state index in [9.17, 15) is 14.7 Å². The first kappa shape index (κ1) is 20.9. The van der Waals surface area contributed by atoms with E-state index >= 15 is 0 Å². The fourth-order valence-electron chi connectivity index (χ4n) is 3.41. The lowest BCUT2D eigenvalue weighted by molar-refractivity contribution is -0.119. The summed E-state index contributed by atoms with van der Waals surface area (Å²) in [5.74, 6) is -0.186. The lowest BCUT2D eigenvalue weighted by atomic mass is 10.1. The molecular weight excluding hydrogens is 366 g/mol. The SMILES string of the molecule is Cc1ccc(O)c(NC(=O)CCN(CC(=O)Nc2c(C)cccc2C)C2CC2)c1. The molecule has 6 nitrogen and oxygen atoms in total. The standard InChI is InChI=1S/C23H29N3O3/c1-15-7-10-20(27)19(13-15)24-21(28)11-12-26(18-8-9-18)14-22(29)25-23-16(2)5-4-6-17(23)3/h4-7,10,13,18,27H,8-9,11-12,14H2,1-3H3,(H,24,28)(H,25,29). The van der Waals surface area contributed by atoms with E-state index < -0.39 is 0 Å². The molecule has 29 heavy (non-hydrogen) atoms. The number of anilines is 2. The molecule has 2 amide bonds. The average molecular weight is 396 g/mol. The van der Waals surface area contributed by atoms with Gasteiger partial charge in [0.1, 0.15) is 5.75 Å². The lowest BCUT2D eigenvalue weighted by Gasteiger charge is -2.22. The molecule has 0 radical (unpaired) electrons. The summed E-state index contributed by atoms with van der Waals surface area (Å²) >= 11 is 0. The van der Waals surface area contributed by atoms with Crippen LogP contribution in [0.3, 0.4) is 0 Å². The van der Waals surface area contributed by atoms with E-state index in [-0.39, 0.29) is 30.5 Å². The first-order chi connectivity index (χ1) is 13.8. The maximum absolute atomic E-state index is 12.6. The van der Waals surface area contributed by atoms with Crippen LogP contribution >= 0.6 is 0 Å². The Labute approximate surface area is 171 Å². The summed E-state index contributed by atoms with van der Waals surface area (Å²) < 4.78 is 0. The highest BCUT2D eigenvalue weighted by molar-refractivity contribution is 5.94. The molecule has 0 aromatic heterocycles. The van der Waals surface area contributed by atoms with Gasteiger partial charge in [0.05, 0.1) is 12.2 Å². The predicted molar refractivity (Wildman–Crippen MR) is 115 cm³/mol. The van der Waals surface area contributed by atoms with E-state index in [1.807, 2.05) is 39.0 Å².